The van der Waals surface area contributed by atoms with Gasteiger partial charge in [0.15, 0.2) is 0 Å². The third-order valence-electron chi connectivity index (χ3n) is 2.86. The number of nitrogens with zero attached hydrogens (tertiary/aromatic N) is 2. The lowest BCUT2D eigenvalue weighted by Crippen LogP contribution is -2.28. The Hall–Kier alpha value is -1.62. The summed E-state index contributed by atoms with van der Waals surface area (Å²) < 4.78 is 2.73. The summed E-state index contributed by atoms with van der Waals surface area (Å²) in [7, 11) is 0. The Morgan fingerprint density at radius 2 is 1.95 bits per heavy atom. The van der Waals surface area contributed by atoms with E-state index in [4.69, 9.17) is 0 Å². The summed E-state index contributed by atoms with van der Waals surface area (Å²) in [5.41, 5.74) is 2.55. The Bertz CT molecular complexity index is 620. The predicted octanol–water partition coefficient (Wildman–Crippen LogP) is 2.73. The second-order valence-corrected chi connectivity index (χ2v) is 5.32. The quantitative estimate of drug-likeness (QED) is 0.941. The average molecular weight is 322 g/mol. The number of benzene rings is 1. The molecule has 0 saturated heterocycles. The lowest BCUT2D eigenvalue weighted by Gasteiger charge is -2.11. The van der Waals surface area contributed by atoms with Gasteiger partial charge in [0.2, 0.25) is 0 Å². The topological polar surface area (TPSA) is 46.9 Å². The van der Waals surface area contributed by atoms with E-state index < -0.39 is 0 Å². The normalized spacial score (nSPS) is 10.5. The minimum Gasteiger partial charge on any atom is -0.383 e. The van der Waals surface area contributed by atoms with Gasteiger partial charge in [-0.3, -0.25) is 4.57 Å². The van der Waals surface area contributed by atoms with Crippen LogP contribution in [0.1, 0.15) is 11.4 Å². The minimum atomic E-state index is -0.185. The molecule has 0 amide bonds. The number of aryl methyl sites for hydroxylation is 2. The molecule has 1 heterocycles. The lowest BCUT2D eigenvalue weighted by atomic mass is 10.3. The van der Waals surface area contributed by atoms with Crippen LogP contribution in [0.15, 0.2) is 39.6 Å². The van der Waals surface area contributed by atoms with E-state index in [0.29, 0.717) is 13.1 Å². The fourth-order valence-electron chi connectivity index (χ4n) is 1.93. The summed E-state index contributed by atoms with van der Waals surface area (Å²) in [6.07, 6.45) is 0. The molecule has 1 N–H and O–H groups in total. The van der Waals surface area contributed by atoms with Gasteiger partial charge in [-0.25, -0.2) is 4.79 Å². The monoisotopic (exact) mass is 321 g/mol. The highest BCUT2D eigenvalue weighted by atomic mass is 79.9. The van der Waals surface area contributed by atoms with Crippen LogP contribution in [-0.2, 0) is 6.54 Å². The maximum absolute atomic E-state index is 11.8. The van der Waals surface area contributed by atoms with Crippen LogP contribution < -0.4 is 11.0 Å². The first-order chi connectivity index (χ1) is 9.06. The molecule has 0 atom stereocenters. The Kier molecular flexibility index (Phi) is 4.37. The zero-order valence-electron chi connectivity index (χ0n) is 11.0. The Labute approximate surface area is 120 Å². The molecule has 2 rings (SSSR count). The zero-order valence-corrected chi connectivity index (χ0v) is 12.6. The molecule has 0 aliphatic rings. The van der Waals surface area contributed by atoms with E-state index in [1.54, 1.807) is 4.57 Å². The number of anilines is 1. The number of halogens is 1. The van der Waals surface area contributed by atoms with Gasteiger partial charge in [-0.2, -0.15) is 4.98 Å². The van der Waals surface area contributed by atoms with Crippen molar-refractivity contribution >= 4 is 21.6 Å². The molecule has 19 heavy (non-hydrogen) atoms. The van der Waals surface area contributed by atoms with Crippen LogP contribution in [0.3, 0.4) is 0 Å². The average Bonchev–Trinajstić information content (AvgIpc) is 2.34. The first-order valence-corrected chi connectivity index (χ1v) is 6.90. The van der Waals surface area contributed by atoms with E-state index in [0.717, 1.165) is 21.5 Å². The summed E-state index contributed by atoms with van der Waals surface area (Å²) in [5.74, 6) is 0. The van der Waals surface area contributed by atoms with Crippen molar-refractivity contribution < 1.29 is 0 Å². The van der Waals surface area contributed by atoms with Crippen molar-refractivity contribution in [3.8, 4) is 0 Å². The fraction of sp³-hybridized carbons (Fsp3) is 0.286. The summed E-state index contributed by atoms with van der Waals surface area (Å²) in [6, 6.07) is 9.86. The highest BCUT2D eigenvalue weighted by Gasteiger charge is 2.02. The van der Waals surface area contributed by atoms with Gasteiger partial charge in [-0.05, 0) is 44.2 Å². The van der Waals surface area contributed by atoms with Crippen LogP contribution in [0.5, 0.6) is 0 Å². The first kappa shape index (κ1) is 13.8. The van der Waals surface area contributed by atoms with Gasteiger partial charge in [0, 0.05) is 34.6 Å². The van der Waals surface area contributed by atoms with Crippen molar-refractivity contribution in [2.75, 3.05) is 11.9 Å². The van der Waals surface area contributed by atoms with Crippen LogP contribution in [0.4, 0.5) is 5.69 Å². The molecule has 0 aliphatic carbocycles. The third-order valence-corrected chi connectivity index (χ3v) is 3.38. The van der Waals surface area contributed by atoms with E-state index in [-0.39, 0.29) is 5.69 Å². The molecule has 0 fully saturated rings. The number of aromatic nitrogens is 2. The molecule has 1 aromatic carbocycles. The standard InChI is InChI=1S/C14H16BrN3O/c1-10-9-11(2)18(14(19)17-10)8-7-16-13-5-3-12(15)4-6-13/h3-6,9,16H,7-8H2,1-2H3. The molecule has 2 aromatic rings. The van der Waals surface area contributed by atoms with E-state index in [9.17, 15) is 4.79 Å². The van der Waals surface area contributed by atoms with Gasteiger partial charge >= 0.3 is 5.69 Å². The smallest absolute Gasteiger partial charge is 0.348 e. The van der Waals surface area contributed by atoms with Crippen LogP contribution in [-0.4, -0.2) is 16.1 Å². The van der Waals surface area contributed by atoms with Crippen LogP contribution in [0, 0.1) is 13.8 Å². The van der Waals surface area contributed by atoms with E-state index in [1.165, 1.54) is 0 Å². The molecule has 0 saturated carbocycles. The third kappa shape index (κ3) is 3.67. The molecule has 0 bridgehead atoms. The van der Waals surface area contributed by atoms with Crippen molar-refractivity contribution in [2.24, 2.45) is 0 Å². The van der Waals surface area contributed by atoms with Gasteiger partial charge in [0.1, 0.15) is 0 Å². The van der Waals surface area contributed by atoms with E-state index in [2.05, 4.69) is 26.2 Å². The van der Waals surface area contributed by atoms with Crippen molar-refractivity contribution in [1.82, 2.24) is 9.55 Å². The van der Waals surface area contributed by atoms with Crippen molar-refractivity contribution in [1.29, 1.82) is 0 Å². The van der Waals surface area contributed by atoms with Gasteiger partial charge in [-0.1, -0.05) is 15.9 Å². The molecule has 1 aromatic heterocycles. The highest BCUT2D eigenvalue weighted by Crippen LogP contribution is 2.13. The highest BCUT2D eigenvalue weighted by molar-refractivity contribution is 9.10. The first-order valence-electron chi connectivity index (χ1n) is 6.11. The molecule has 0 spiro atoms. The Balaban J connectivity index is 2.00. The molecule has 100 valence electrons. The molecular weight excluding hydrogens is 306 g/mol. The molecule has 0 unspecified atom stereocenters. The van der Waals surface area contributed by atoms with Gasteiger partial charge in [-0.15, -0.1) is 0 Å². The van der Waals surface area contributed by atoms with Gasteiger partial charge in [0.25, 0.3) is 0 Å². The van der Waals surface area contributed by atoms with Crippen LogP contribution in [0.25, 0.3) is 0 Å². The van der Waals surface area contributed by atoms with Gasteiger partial charge in [0.05, 0.1) is 0 Å². The van der Waals surface area contributed by atoms with Crippen molar-refractivity contribution in [3.05, 3.63) is 56.7 Å². The zero-order chi connectivity index (χ0) is 13.8. The maximum atomic E-state index is 11.8. The second kappa shape index (κ2) is 6.02. The molecule has 4 nitrogen and oxygen atoms in total. The molecule has 0 radical (unpaired) electrons. The van der Waals surface area contributed by atoms with Crippen molar-refractivity contribution in [2.45, 2.75) is 20.4 Å². The van der Waals surface area contributed by atoms with E-state index >= 15 is 0 Å². The SMILES string of the molecule is Cc1cc(C)n(CCNc2ccc(Br)cc2)c(=O)n1. The predicted molar refractivity (Wildman–Crippen MR) is 80.6 cm³/mol. The molecule has 5 heteroatoms. The Morgan fingerprint density at radius 3 is 2.58 bits per heavy atom. The maximum Gasteiger partial charge on any atom is 0.348 e. The van der Waals surface area contributed by atoms with Crippen molar-refractivity contribution in [3.63, 3.8) is 0 Å². The van der Waals surface area contributed by atoms with Gasteiger partial charge < -0.3 is 5.32 Å². The van der Waals surface area contributed by atoms with Crippen LogP contribution >= 0.6 is 15.9 Å². The lowest BCUT2D eigenvalue weighted by molar-refractivity contribution is 0.648. The molecular formula is C14H16BrN3O. The number of rotatable bonds is 4. The number of nitrogens with one attached hydrogen (secondary N) is 1. The minimum absolute atomic E-state index is 0.185. The number of hydrogen-bond donors (Lipinski definition) is 1. The Morgan fingerprint density at radius 1 is 1.26 bits per heavy atom. The van der Waals surface area contributed by atoms with E-state index in [1.807, 2.05) is 44.2 Å². The summed E-state index contributed by atoms with van der Waals surface area (Å²) >= 11 is 3.39. The summed E-state index contributed by atoms with van der Waals surface area (Å²) in [6.45, 7) is 5.05. The molecule has 0 aliphatic heterocycles. The summed E-state index contributed by atoms with van der Waals surface area (Å²) in [5, 5.41) is 3.28. The largest absolute Gasteiger partial charge is 0.383 e. The fourth-order valence-corrected chi connectivity index (χ4v) is 2.19. The number of hydrogen-bond acceptors (Lipinski definition) is 3. The summed E-state index contributed by atoms with van der Waals surface area (Å²) in [4.78, 5) is 15.7. The second-order valence-electron chi connectivity index (χ2n) is 4.41. The van der Waals surface area contributed by atoms with Crippen LogP contribution in [0.2, 0.25) is 0 Å².